The molecule has 0 aromatic heterocycles. The lowest BCUT2D eigenvalue weighted by Gasteiger charge is -2.28. The van der Waals surface area contributed by atoms with Crippen molar-refractivity contribution in [3.05, 3.63) is 11.5 Å². The zero-order valence-corrected chi connectivity index (χ0v) is 19.5. The number of carbonyl (C=O) groups is 1. The van der Waals surface area contributed by atoms with Gasteiger partial charge in [-0.1, -0.05) is 13.3 Å². The third-order valence-electron chi connectivity index (χ3n) is 5.97. The van der Waals surface area contributed by atoms with Gasteiger partial charge in [-0.05, 0) is 19.3 Å². The summed E-state index contributed by atoms with van der Waals surface area (Å²) < 4.78 is 52.2. The minimum atomic E-state index is -0.860. The van der Waals surface area contributed by atoms with Gasteiger partial charge in [0.1, 0.15) is 6.10 Å². The number of cyclic esters (lactones) is 1. The van der Waals surface area contributed by atoms with E-state index in [4.69, 9.17) is 42.6 Å². The van der Waals surface area contributed by atoms with Crippen LogP contribution in [0, 0.1) is 0 Å². The molecule has 33 heavy (non-hydrogen) atoms. The summed E-state index contributed by atoms with van der Waals surface area (Å²) in [4.78, 5) is 12.9. The minimum absolute atomic E-state index is 0.00569. The van der Waals surface area contributed by atoms with Crippen molar-refractivity contribution < 1.29 is 47.4 Å². The van der Waals surface area contributed by atoms with E-state index in [0.29, 0.717) is 32.7 Å². The lowest BCUT2D eigenvalue weighted by Crippen LogP contribution is -2.40. The van der Waals surface area contributed by atoms with Crippen LogP contribution < -0.4 is 0 Å². The number of carbonyl (C=O) groups excluding carboxylic acids is 1. The van der Waals surface area contributed by atoms with Crippen molar-refractivity contribution in [2.24, 2.45) is 0 Å². The van der Waals surface area contributed by atoms with E-state index in [9.17, 15) is 4.79 Å². The van der Waals surface area contributed by atoms with Crippen LogP contribution in [0.25, 0.3) is 0 Å². The van der Waals surface area contributed by atoms with E-state index in [1.807, 2.05) is 6.92 Å². The summed E-state index contributed by atoms with van der Waals surface area (Å²) >= 11 is 0. The average molecular weight is 473 g/mol. The number of methoxy groups -OCH3 is 1. The Morgan fingerprint density at radius 1 is 0.970 bits per heavy atom. The van der Waals surface area contributed by atoms with Gasteiger partial charge in [-0.25, -0.2) is 4.79 Å². The summed E-state index contributed by atoms with van der Waals surface area (Å²) in [5.41, 5.74) is 0. The smallest absolute Gasteiger partial charge is 0.378 e. The van der Waals surface area contributed by atoms with Crippen molar-refractivity contribution in [2.45, 2.75) is 95.7 Å². The second-order valence-electron chi connectivity index (χ2n) is 8.54. The van der Waals surface area contributed by atoms with Crippen LogP contribution in [-0.4, -0.2) is 76.9 Å². The van der Waals surface area contributed by atoms with Gasteiger partial charge in [-0.2, -0.15) is 0 Å². The quantitative estimate of drug-likeness (QED) is 0.294. The summed E-state index contributed by atoms with van der Waals surface area (Å²) in [7, 11) is 1.54. The second-order valence-corrected chi connectivity index (χ2v) is 8.54. The maximum Gasteiger partial charge on any atom is 0.378 e. The van der Waals surface area contributed by atoms with E-state index in [1.165, 1.54) is 7.11 Å². The molecule has 0 saturated carbocycles. The van der Waals surface area contributed by atoms with E-state index in [2.05, 4.69) is 0 Å². The monoisotopic (exact) mass is 472 g/mol. The number of hydrogen-bond acceptors (Lipinski definition) is 10. The van der Waals surface area contributed by atoms with Gasteiger partial charge < -0.3 is 42.6 Å². The minimum Gasteiger partial charge on any atom is -0.461 e. The molecule has 4 aliphatic rings. The summed E-state index contributed by atoms with van der Waals surface area (Å²) in [6.45, 7) is 4.06. The van der Waals surface area contributed by atoms with Gasteiger partial charge in [0.05, 0.1) is 13.2 Å². The Kier molecular flexibility index (Phi) is 9.22. The molecule has 188 valence electrons. The average Bonchev–Trinajstić information content (AvgIpc) is 3.62. The SMILES string of the molecule is CCCC(OC)OC1=C(OC2CCCO2)[C@@H]([C@H](COC2CCCO2)OC2CCCO2)OC1=O. The molecule has 4 heterocycles. The number of esters is 1. The molecular weight excluding hydrogens is 436 g/mol. The molecule has 4 unspecified atom stereocenters. The normalized spacial score (nSPS) is 31.8. The molecule has 10 heteroatoms. The standard InChI is InChI=1S/C23H36O10/c1-3-7-16(25-2)31-22-21(32-19-10-6-13-28-19)20(33-23(22)24)15(30-18-9-5-12-27-18)14-29-17-8-4-11-26-17/h15-20H,3-14H2,1-2H3/t15-,16?,17?,18?,19?,20+/m0/s1. The van der Waals surface area contributed by atoms with Crippen molar-refractivity contribution in [3.8, 4) is 0 Å². The van der Waals surface area contributed by atoms with Crippen molar-refractivity contribution >= 4 is 5.97 Å². The number of rotatable bonds is 13. The van der Waals surface area contributed by atoms with Crippen LogP contribution in [-0.2, 0) is 47.4 Å². The Bertz CT molecular complexity index is 650. The van der Waals surface area contributed by atoms with E-state index in [0.717, 1.165) is 38.5 Å². The van der Waals surface area contributed by atoms with E-state index in [-0.39, 0.29) is 24.4 Å². The van der Waals surface area contributed by atoms with Gasteiger partial charge >= 0.3 is 5.97 Å². The fourth-order valence-electron chi connectivity index (χ4n) is 4.23. The topological polar surface area (TPSA) is 100 Å². The molecule has 6 atom stereocenters. The molecular formula is C23H36O10. The molecule has 4 rings (SSSR count). The molecule has 3 saturated heterocycles. The zero-order chi connectivity index (χ0) is 23.0. The van der Waals surface area contributed by atoms with Gasteiger partial charge in [0, 0.05) is 46.0 Å². The Balaban J connectivity index is 1.55. The van der Waals surface area contributed by atoms with Crippen molar-refractivity contribution in [1.82, 2.24) is 0 Å². The fourth-order valence-corrected chi connectivity index (χ4v) is 4.23. The summed E-state index contributed by atoms with van der Waals surface area (Å²) in [6, 6.07) is 0. The van der Waals surface area contributed by atoms with Gasteiger partial charge in [0.25, 0.3) is 0 Å². The molecule has 0 spiro atoms. The maximum absolute atomic E-state index is 12.9. The van der Waals surface area contributed by atoms with Crippen LogP contribution in [0.1, 0.15) is 58.3 Å². The first-order chi connectivity index (χ1) is 16.2. The molecule has 0 radical (unpaired) electrons. The lowest BCUT2D eigenvalue weighted by molar-refractivity contribution is -0.213. The molecule has 4 aliphatic heterocycles. The van der Waals surface area contributed by atoms with Crippen molar-refractivity contribution in [1.29, 1.82) is 0 Å². The first-order valence-corrected chi connectivity index (χ1v) is 12.1. The van der Waals surface area contributed by atoms with Gasteiger partial charge in [0.2, 0.25) is 5.76 Å². The Morgan fingerprint density at radius 3 is 2.24 bits per heavy atom. The molecule has 0 amide bonds. The van der Waals surface area contributed by atoms with E-state index >= 15 is 0 Å². The second kappa shape index (κ2) is 12.3. The lowest BCUT2D eigenvalue weighted by atomic mass is 10.1. The highest BCUT2D eigenvalue weighted by Crippen LogP contribution is 2.34. The molecule has 0 aliphatic carbocycles. The van der Waals surface area contributed by atoms with Crippen LogP contribution in [0.15, 0.2) is 11.5 Å². The van der Waals surface area contributed by atoms with Crippen LogP contribution in [0.3, 0.4) is 0 Å². The number of ether oxygens (including phenoxy) is 9. The van der Waals surface area contributed by atoms with Crippen LogP contribution in [0.2, 0.25) is 0 Å². The van der Waals surface area contributed by atoms with Crippen LogP contribution in [0.4, 0.5) is 0 Å². The van der Waals surface area contributed by atoms with Crippen LogP contribution >= 0.6 is 0 Å². The molecule has 0 bridgehead atoms. The van der Waals surface area contributed by atoms with Gasteiger partial charge in [-0.3, -0.25) is 0 Å². The molecule has 0 N–H and O–H groups in total. The Morgan fingerprint density at radius 2 is 1.64 bits per heavy atom. The van der Waals surface area contributed by atoms with E-state index < -0.39 is 37.0 Å². The van der Waals surface area contributed by atoms with Gasteiger partial charge in [-0.15, -0.1) is 0 Å². The Labute approximate surface area is 194 Å². The highest BCUT2D eigenvalue weighted by molar-refractivity contribution is 5.89. The molecule has 0 aromatic rings. The molecule has 10 nitrogen and oxygen atoms in total. The fraction of sp³-hybridized carbons (Fsp3) is 0.870. The summed E-state index contributed by atoms with van der Waals surface area (Å²) in [6.07, 6.45) is 3.15. The number of hydrogen-bond donors (Lipinski definition) is 0. The maximum atomic E-state index is 12.9. The third kappa shape index (κ3) is 6.58. The molecule has 3 fully saturated rings. The molecule has 0 aromatic carbocycles. The summed E-state index contributed by atoms with van der Waals surface area (Å²) in [5.74, 6) is -0.373. The zero-order valence-electron chi connectivity index (χ0n) is 19.5. The van der Waals surface area contributed by atoms with Crippen molar-refractivity contribution in [2.75, 3.05) is 33.5 Å². The largest absolute Gasteiger partial charge is 0.461 e. The highest BCUT2D eigenvalue weighted by atomic mass is 16.7. The Hall–Kier alpha value is -1.43. The first kappa shape index (κ1) is 24.7. The van der Waals surface area contributed by atoms with Gasteiger partial charge in [0.15, 0.2) is 37.0 Å². The highest BCUT2D eigenvalue weighted by Gasteiger charge is 2.46. The third-order valence-corrected chi connectivity index (χ3v) is 5.97. The first-order valence-electron chi connectivity index (χ1n) is 12.1. The predicted molar refractivity (Wildman–Crippen MR) is 113 cm³/mol. The van der Waals surface area contributed by atoms with E-state index in [1.54, 1.807) is 0 Å². The van der Waals surface area contributed by atoms with Crippen LogP contribution in [0.5, 0.6) is 0 Å². The summed E-state index contributed by atoms with van der Waals surface area (Å²) in [5, 5.41) is 0. The van der Waals surface area contributed by atoms with Crippen molar-refractivity contribution in [3.63, 3.8) is 0 Å². The predicted octanol–water partition coefficient (Wildman–Crippen LogP) is 2.74.